The Morgan fingerprint density at radius 2 is 2.30 bits per heavy atom. The monoisotopic (exact) mass is 295 g/mol. The molecule has 0 aliphatic carbocycles. The van der Waals surface area contributed by atoms with E-state index in [9.17, 15) is 9.90 Å². The molecule has 8 heteroatoms. The number of anilines is 1. The number of aliphatic carboxylic acids is 1. The van der Waals surface area contributed by atoms with Gasteiger partial charge in [0.05, 0.1) is 17.5 Å². The van der Waals surface area contributed by atoms with Gasteiger partial charge in [0.15, 0.2) is 5.65 Å². The number of hydrogen-bond donors (Lipinski definition) is 1. The van der Waals surface area contributed by atoms with E-state index >= 15 is 0 Å². The Hall–Kier alpha value is -1.89. The largest absolute Gasteiger partial charge is 0.481 e. The second-order valence-electron chi connectivity index (χ2n) is 4.95. The summed E-state index contributed by atoms with van der Waals surface area (Å²) in [6.45, 7) is 1.20. The molecule has 0 saturated carbocycles. The molecule has 0 unspecified atom stereocenters. The Kier molecular flexibility index (Phi) is 3.21. The van der Waals surface area contributed by atoms with Crippen molar-refractivity contribution in [1.82, 2.24) is 19.7 Å². The van der Waals surface area contributed by atoms with Crippen LogP contribution in [0.1, 0.15) is 12.8 Å². The van der Waals surface area contributed by atoms with Crippen LogP contribution in [0.4, 0.5) is 5.82 Å². The molecule has 2 aromatic rings. The van der Waals surface area contributed by atoms with E-state index < -0.39 is 5.97 Å². The first-order valence-corrected chi connectivity index (χ1v) is 6.77. The average molecular weight is 296 g/mol. The maximum absolute atomic E-state index is 11.2. The predicted molar refractivity (Wildman–Crippen MR) is 73.9 cm³/mol. The number of carboxylic acid groups (broad SMARTS) is 1. The van der Waals surface area contributed by atoms with E-state index in [0.717, 1.165) is 18.4 Å². The number of rotatable bonds is 2. The summed E-state index contributed by atoms with van der Waals surface area (Å²) < 4.78 is 1.63. The molecule has 1 N–H and O–H groups in total. The van der Waals surface area contributed by atoms with Crippen LogP contribution in [0.25, 0.3) is 11.0 Å². The minimum absolute atomic E-state index is 0.147. The van der Waals surface area contributed by atoms with Crippen LogP contribution >= 0.6 is 11.6 Å². The van der Waals surface area contributed by atoms with Crippen molar-refractivity contribution in [3.8, 4) is 0 Å². The maximum atomic E-state index is 11.2. The number of carbonyl (C=O) groups is 1. The minimum atomic E-state index is -0.766. The summed E-state index contributed by atoms with van der Waals surface area (Å²) in [5, 5.41) is 14.3. The lowest BCUT2D eigenvalue weighted by molar-refractivity contribution is -0.141. The number of nitrogens with zero attached hydrogens (tertiary/aromatic N) is 5. The molecule has 0 radical (unpaired) electrons. The van der Waals surface area contributed by atoms with Gasteiger partial charge in [0.2, 0.25) is 5.28 Å². The van der Waals surface area contributed by atoms with Crippen molar-refractivity contribution in [1.29, 1.82) is 0 Å². The summed E-state index contributed by atoms with van der Waals surface area (Å²) in [5.74, 6) is -0.472. The molecule has 0 amide bonds. The molecule has 1 aliphatic rings. The fourth-order valence-corrected chi connectivity index (χ4v) is 2.75. The lowest BCUT2D eigenvalue weighted by atomic mass is 9.98. The van der Waals surface area contributed by atoms with Gasteiger partial charge in [-0.2, -0.15) is 15.1 Å². The first kappa shape index (κ1) is 13.1. The van der Waals surface area contributed by atoms with Gasteiger partial charge in [0.1, 0.15) is 5.82 Å². The van der Waals surface area contributed by atoms with Crippen LogP contribution in [-0.4, -0.2) is 43.9 Å². The van der Waals surface area contributed by atoms with Crippen molar-refractivity contribution in [2.75, 3.05) is 18.0 Å². The van der Waals surface area contributed by atoms with Gasteiger partial charge in [-0.3, -0.25) is 9.48 Å². The highest BCUT2D eigenvalue weighted by Crippen LogP contribution is 2.28. The Morgan fingerprint density at radius 1 is 1.50 bits per heavy atom. The topological polar surface area (TPSA) is 84.1 Å². The maximum Gasteiger partial charge on any atom is 0.308 e. The van der Waals surface area contributed by atoms with Gasteiger partial charge in [0.25, 0.3) is 0 Å². The van der Waals surface area contributed by atoms with Crippen LogP contribution in [0.3, 0.4) is 0 Å². The van der Waals surface area contributed by atoms with E-state index in [4.69, 9.17) is 11.6 Å². The molecular formula is C12H14ClN5O2. The highest BCUT2D eigenvalue weighted by Gasteiger charge is 2.27. The van der Waals surface area contributed by atoms with Crippen LogP contribution in [0.15, 0.2) is 6.20 Å². The summed E-state index contributed by atoms with van der Waals surface area (Å²) in [5.41, 5.74) is 0.650. The fraction of sp³-hybridized carbons (Fsp3) is 0.500. The first-order valence-electron chi connectivity index (χ1n) is 6.39. The molecule has 1 fully saturated rings. The number of carboxylic acids is 1. The minimum Gasteiger partial charge on any atom is -0.481 e. The molecule has 1 aliphatic heterocycles. The van der Waals surface area contributed by atoms with E-state index in [-0.39, 0.29) is 11.2 Å². The third-order valence-corrected chi connectivity index (χ3v) is 3.78. The number of aryl methyl sites for hydroxylation is 1. The lowest BCUT2D eigenvalue weighted by Crippen LogP contribution is -2.39. The van der Waals surface area contributed by atoms with Crippen molar-refractivity contribution in [3.05, 3.63) is 11.5 Å². The Bertz CT molecular complexity index is 671. The van der Waals surface area contributed by atoms with Gasteiger partial charge in [-0.25, -0.2) is 0 Å². The average Bonchev–Trinajstić information content (AvgIpc) is 2.80. The Balaban J connectivity index is 2.03. The molecule has 106 valence electrons. The van der Waals surface area contributed by atoms with Crippen molar-refractivity contribution in [2.45, 2.75) is 12.8 Å². The smallest absolute Gasteiger partial charge is 0.308 e. The van der Waals surface area contributed by atoms with E-state index in [1.807, 2.05) is 4.90 Å². The number of fused-ring (bicyclic) bond motifs is 1. The second kappa shape index (κ2) is 4.90. The summed E-state index contributed by atoms with van der Waals surface area (Å²) in [7, 11) is 1.78. The zero-order valence-electron chi connectivity index (χ0n) is 11.0. The van der Waals surface area contributed by atoms with E-state index in [2.05, 4.69) is 15.1 Å². The van der Waals surface area contributed by atoms with Crippen molar-refractivity contribution in [3.63, 3.8) is 0 Å². The number of aromatic nitrogens is 4. The first-order chi connectivity index (χ1) is 9.56. The molecule has 7 nitrogen and oxygen atoms in total. The van der Waals surface area contributed by atoms with Crippen LogP contribution in [0.2, 0.25) is 5.28 Å². The third kappa shape index (κ3) is 2.18. The van der Waals surface area contributed by atoms with Gasteiger partial charge in [-0.1, -0.05) is 0 Å². The zero-order valence-corrected chi connectivity index (χ0v) is 11.7. The molecule has 2 aromatic heterocycles. The molecule has 20 heavy (non-hydrogen) atoms. The standard InChI is InChI=1S/C12H14ClN5O2/c1-17-9-8(5-14-17)10(16-12(13)15-9)18-4-2-3-7(6-18)11(19)20/h5,7H,2-4,6H2,1H3,(H,19,20)/t7-/m1/s1. The van der Waals surface area contributed by atoms with Crippen molar-refractivity contribution in [2.24, 2.45) is 13.0 Å². The van der Waals surface area contributed by atoms with Crippen LogP contribution < -0.4 is 4.90 Å². The summed E-state index contributed by atoms with van der Waals surface area (Å²) >= 11 is 5.96. The van der Waals surface area contributed by atoms with Crippen LogP contribution in [0, 0.1) is 5.92 Å². The Morgan fingerprint density at radius 3 is 3.05 bits per heavy atom. The van der Waals surface area contributed by atoms with Crippen LogP contribution in [-0.2, 0) is 11.8 Å². The van der Waals surface area contributed by atoms with Crippen LogP contribution in [0.5, 0.6) is 0 Å². The predicted octanol–water partition coefficient (Wildman–Crippen LogP) is 1.32. The van der Waals surface area contributed by atoms with Gasteiger partial charge in [-0.05, 0) is 24.4 Å². The highest BCUT2D eigenvalue weighted by atomic mass is 35.5. The molecule has 1 atom stereocenters. The van der Waals surface area contributed by atoms with E-state index in [1.54, 1.807) is 17.9 Å². The molecular weight excluding hydrogens is 282 g/mol. The molecule has 3 rings (SSSR count). The van der Waals surface area contributed by atoms with Gasteiger partial charge in [0, 0.05) is 20.1 Å². The fourth-order valence-electron chi connectivity index (χ4n) is 2.59. The van der Waals surface area contributed by atoms with E-state index in [1.165, 1.54) is 0 Å². The third-order valence-electron chi connectivity index (χ3n) is 3.61. The number of hydrogen-bond acceptors (Lipinski definition) is 5. The van der Waals surface area contributed by atoms with Gasteiger partial charge < -0.3 is 10.0 Å². The molecule has 0 bridgehead atoms. The quantitative estimate of drug-likeness (QED) is 0.841. The molecule has 0 spiro atoms. The zero-order chi connectivity index (χ0) is 14.3. The number of piperidine rings is 1. The number of halogens is 1. The Labute approximate surface area is 120 Å². The van der Waals surface area contributed by atoms with Gasteiger partial charge in [-0.15, -0.1) is 0 Å². The second-order valence-corrected chi connectivity index (χ2v) is 5.28. The summed E-state index contributed by atoms with van der Waals surface area (Å²) in [4.78, 5) is 21.5. The molecule has 3 heterocycles. The van der Waals surface area contributed by atoms with Crippen molar-refractivity contribution >= 4 is 34.4 Å². The van der Waals surface area contributed by atoms with E-state index in [0.29, 0.717) is 24.4 Å². The van der Waals surface area contributed by atoms with Gasteiger partial charge >= 0.3 is 5.97 Å². The molecule has 1 saturated heterocycles. The highest BCUT2D eigenvalue weighted by molar-refractivity contribution is 6.28. The SMILES string of the molecule is Cn1ncc2c(N3CCC[C@@H](C(=O)O)C3)nc(Cl)nc21. The van der Waals surface area contributed by atoms with Crippen molar-refractivity contribution < 1.29 is 9.90 Å². The summed E-state index contributed by atoms with van der Waals surface area (Å²) in [6.07, 6.45) is 3.20. The normalized spacial score (nSPS) is 19.5. The lowest BCUT2D eigenvalue weighted by Gasteiger charge is -2.31. The molecule has 0 aromatic carbocycles. The summed E-state index contributed by atoms with van der Waals surface area (Å²) in [6, 6.07) is 0.